The molecular weight excluding hydrogens is 681 g/mol. The van der Waals surface area contributed by atoms with Gasteiger partial charge >= 0.3 is 0 Å². The van der Waals surface area contributed by atoms with Crippen LogP contribution in [0.4, 0.5) is 0 Å². The van der Waals surface area contributed by atoms with E-state index < -0.39 is 5.54 Å². The first-order valence-electron chi connectivity index (χ1n) is 18.8. The molecule has 0 bridgehead atoms. The second-order valence-electron chi connectivity index (χ2n) is 14.5. The van der Waals surface area contributed by atoms with E-state index in [0.717, 1.165) is 83.5 Å². The second kappa shape index (κ2) is 13.4. The molecule has 10 rings (SSSR count). The van der Waals surface area contributed by atoms with E-state index in [2.05, 4.69) is 162 Å². The molecule has 0 saturated heterocycles. The lowest BCUT2D eigenvalue weighted by atomic mass is 9.87. The Bertz CT molecular complexity index is 2970. The molecule has 2 heterocycles. The van der Waals surface area contributed by atoms with Gasteiger partial charge in [0, 0.05) is 52.7 Å². The average Bonchev–Trinajstić information content (AvgIpc) is 3.52. The molecule has 1 atom stereocenters. The monoisotopic (exact) mass is 714 g/mol. The highest BCUT2D eigenvalue weighted by Crippen LogP contribution is 2.52. The Hall–Kier alpha value is -7.48. The van der Waals surface area contributed by atoms with E-state index in [4.69, 9.17) is 16.5 Å². The lowest BCUT2D eigenvalue weighted by molar-refractivity contribution is 0.742. The van der Waals surface area contributed by atoms with Crippen molar-refractivity contribution in [2.45, 2.75) is 12.5 Å². The second-order valence-corrected chi connectivity index (χ2v) is 14.5. The lowest BCUT2D eigenvalue weighted by Gasteiger charge is -2.16. The summed E-state index contributed by atoms with van der Waals surface area (Å²) in [5.74, 6) is 0.661. The Kier molecular flexibility index (Phi) is 7.94. The first kappa shape index (κ1) is 33.1. The number of fused-ring (bicyclic) bond motifs is 4. The first-order chi connectivity index (χ1) is 27.5. The summed E-state index contributed by atoms with van der Waals surface area (Å²) in [5.41, 5.74) is 14.5. The summed E-state index contributed by atoms with van der Waals surface area (Å²) in [4.78, 5) is 19.1. The molecule has 9 aromatic rings. The smallest absolute Gasteiger partial charge is 0.281 e. The predicted molar refractivity (Wildman–Crippen MR) is 228 cm³/mol. The van der Waals surface area contributed by atoms with Gasteiger partial charge in [0.1, 0.15) is 0 Å². The van der Waals surface area contributed by atoms with E-state index in [0.29, 0.717) is 5.82 Å². The van der Waals surface area contributed by atoms with Gasteiger partial charge in [0.2, 0.25) is 0 Å². The molecular formula is C52H34N4. The molecule has 0 saturated carbocycles. The van der Waals surface area contributed by atoms with Gasteiger partial charge in [-0.3, -0.25) is 4.98 Å². The molecule has 0 amide bonds. The maximum atomic E-state index is 8.48. The lowest BCUT2D eigenvalue weighted by Crippen LogP contribution is -2.15. The van der Waals surface area contributed by atoms with Crippen LogP contribution in [-0.4, -0.2) is 15.0 Å². The third kappa shape index (κ3) is 5.75. The van der Waals surface area contributed by atoms with Gasteiger partial charge in [-0.25, -0.2) is 16.5 Å². The standard InChI is InChI=1S/C52H34N4/c1-52(53-2)47-31-40(23-24-45(47)46-29-38-16-9-10-17-39(38)30-48(46)52)42-26-43(41-18-11-25-54-33-41)28-44(27-42)50-32-49(55-51(56-50)37-14-7-4-8-15-37)36-21-19-35(20-22-36)34-12-5-3-6-13-34/h3-33H,1H3. The maximum Gasteiger partial charge on any atom is 0.281 e. The van der Waals surface area contributed by atoms with Gasteiger partial charge in [-0.15, -0.1) is 0 Å². The number of rotatable bonds is 6. The molecule has 4 heteroatoms. The SMILES string of the molecule is [C-]#[N+]C1(C)c2cc(-c3cc(-c4cccnc4)cc(-c4cc(-c5ccc(-c6ccccc6)cc5)nc(-c5ccccc5)n4)c3)ccc2-c2cc3ccccc3cc21. The number of benzene rings is 7. The number of nitrogens with zero attached hydrogens (tertiary/aromatic N) is 4. The number of hydrogen-bond acceptors (Lipinski definition) is 3. The van der Waals surface area contributed by atoms with Crippen molar-refractivity contribution in [3.05, 3.63) is 211 Å². The number of pyridine rings is 1. The first-order valence-corrected chi connectivity index (χ1v) is 18.8. The van der Waals surface area contributed by atoms with Gasteiger partial charge in [0.05, 0.1) is 11.4 Å². The van der Waals surface area contributed by atoms with Crippen molar-refractivity contribution in [3.8, 4) is 78.4 Å². The van der Waals surface area contributed by atoms with Gasteiger partial charge in [0.25, 0.3) is 5.54 Å². The molecule has 0 fully saturated rings. The van der Waals surface area contributed by atoms with E-state index in [9.17, 15) is 0 Å². The van der Waals surface area contributed by atoms with Crippen LogP contribution in [0.2, 0.25) is 0 Å². The molecule has 0 radical (unpaired) electrons. The van der Waals surface area contributed by atoms with Crippen molar-refractivity contribution in [1.82, 2.24) is 15.0 Å². The van der Waals surface area contributed by atoms with Crippen molar-refractivity contribution in [3.63, 3.8) is 0 Å². The van der Waals surface area contributed by atoms with E-state index in [1.807, 2.05) is 36.5 Å². The van der Waals surface area contributed by atoms with Gasteiger partial charge in [0.15, 0.2) is 5.82 Å². The average molecular weight is 715 g/mol. The van der Waals surface area contributed by atoms with Gasteiger partial charge in [-0.2, -0.15) is 0 Å². The van der Waals surface area contributed by atoms with Crippen molar-refractivity contribution in [2.75, 3.05) is 0 Å². The topological polar surface area (TPSA) is 43.0 Å². The van der Waals surface area contributed by atoms with Crippen molar-refractivity contribution < 1.29 is 0 Å². The van der Waals surface area contributed by atoms with Crippen LogP contribution in [0.5, 0.6) is 0 Å². The van der Waals surface area contributed by atoms with E-state index in [1.54, 1.807) is 6.20 Å². The summed E-state index contributed by atoms with van der Waals surface area (Å²) in [6, 6.07) is 61.4. The van der Waals surface area contributed by atoms with Crippen LogP contribution in [0.1, 0.15) is 18.1 Å². The van der Waals surface area contributed by atoms with Gasteiger partial charge in [-0.05, 0) is 98.2 Å². The zero-order valence-electron chi connectivity index (χ0n) is 30.7. The minimum Gasteiger partial charge on any atom is -0.300 e. The zero-order chi connectivity index (χ0) is 37.6. The Morgan fingerprint density at radius 2 is 0.982 bits per heavy atom. The van der Waals surface area contributed by atoms with Crippen molar-refractivity contribution in [1.29, 1.82) is 0 Å². The summed E-state index contributed by atoms with van der Waals surface area (Å²) >= 11 is 0. The van der Waals surface area contributed by atoms with E-state index >= 15 is 0 Å². The predicted octanol–water partition coefficient (Wildman–Crippen LogP) is 13.2. The van der Waals surface area contributed by atoms with Gasteiger partial charge < -0.3 is 4.85 Å². The zero-order valence-corrected chi connectivity index (χ0v) is 30.7. The highest BCUT2D eigenvalue weighted by molar-refractivity contribution is 5.95. The fourth-order valence-corrected chi connectivity index (χ4v) is 8.06. The number of hydrogen-bond donors (Lipinski definition) is 0. The van der Waals surface area contributed by atoms with E-state index in [-0.39, 0.29) is 0 Å². The highest BCUT2D eigenvalue weighted by atomic mass is 14.9. The maximum absolute atomic E-state index is 8.48. The minimum atomic E-state index is -0.809. The summed E-state index contributed by atoms with van der Waals surface area (Å²) < 4.78 is 0. The fourth-order valence-electron chi connectivity index (χ4n) is 8.06. The van der Waals surface area contributed by atoms with Crippen LogP contribution in [0.25, 0.3) is 94.0 Å². The Balaban J connectivity index is 1.14. The molecule has 56 heavy (non-hydrogen) atoms. The quantitative estimate of drug-likeness (QED) is 0.161. The molecule has 4 nitrogen and oxygen atoms in total. The molecule has 1 aliphatic rings. The Labute approximate surface area is 326 Å². The third-order valence-corrected chi connectivity index (χ3v) is 11.1. The molecule has 0 aliphatic heterocycles. The van der Waals surface area contributed by atoms with Crippen molar-refractivity contribution >= 4 is 10.8 Å². The van der Waals surface area contributed by atoms with Gasteiger partial charge in [-0.1, -0.05) is 127 Å². The minimum absolute atomic E-state index is 0.661. The normalized spacial score (nSPS) is 14.2. The van der Waals surface area contributed by atoms with Crippen molar-refractivity contribution in [2.24, 2.45) is 0 Å². The summed E-state index contributed by atoms with van der Waals surface area (Å²) in [6.07, 6.45) is 3.70. The largest absolute Gasteiger partial charge is 0.300 e. The molecule has 1 aliphatic carbocycles. The van der Waals surface area contributed by atoms with Crippen LogP contribution in [-0.2, 0) is 5.54 Å². The molecule has 2 aromatic heterocycles. The van der Waals surface area contributed by atoms with Crippen LogP contribution < -0.4 is 0 Å². The van der Waals surface area contributed by atoms with Crippen LogP contribution in [0, 0.1) is 6.57 Å². The summed E-state index contributed by atoms with van der Waals surface area (Å²) in [6.45, 7) is 10.5. The van der Waals surface area contributed by atoms with Crippen LogP contribution in [0.15, 0.2) is 188 Å². The Morgan fingerprint density at radius 1 is 0.429 bits per heavy atom. The highest BCUT2D eigenvalue weighted by Gasteiger charge is 2.45. The Morgan fingerprint density at radius 3 is 1.68 bits per heavy atom. The molecule has 7 aromatic carbocycles. The van der Waals surface area contributed by atoms with Crippen LogP contribution >= 0.6 is 0 Å². The molecule has 0 spiro atoms. The molecule has 262 valence electrons. The molecule has 1 unspecified atom stereocenters. The third-order valence-electron chi connectivity index (χ3n) is 11.1. The molecule has 0 N–H and O–H groups in total. The summed E-state index contributed by atoms with van der Waals surface area (Å²) in [5, 5.41) is 2.32. The van der Waals surface area contributed by atoms with E-state index in [1.165, 1.54) is 10.9 Å². The summed E-state index contributed by atoms with van der Waals surface area (Å²) in [7, 11) is 0. The number of aromatic nitrogens is 3. The fraction of sp³-hybridized carbons (Fsp3) is 0.0385. The van der Waals surface area contributed by atoms with Crippen LogP contribution in [0.3, 0.4) is 0 Å².